The van der Waals surface area contributed by atoms with Crippen molar-refractivity contribution in [2.24, 2.45) is 0 Å². The van der Waals surface area contributed by atoms with Gasteiger partial charge in [0.25, 0.3) is 5.91 Å². The Hall–Kier alpha value is -2.53. The van der Waals surface area contributed by atoms with Crippen molar-refractivity contribution in [3.63, 3.8) is 0 Å². The van der Waals surface area contributed by atoms with Gasteiger partial charge < -0.3 is 15.0 Å². The molecule has 2 aromatic carbocycles. The summed E-state index contributed by atoms with van der Waals surface area (Å²) in [5, 5.41) is 3.21. The number of likely N-dealkylation sites (N-methyl/N-ethyl adjacent to an activating group) is 1. The first kappa shape index (κ1) is 20.8. The van der Waals surface area contributed by atoms with Crippen molar-refractivity contribution in [2.75, 3.05) is 13.7 Å². The topological polar surface area (TPSA) is 58.6 Å². The highest BCUT2D eigenvalue weighted by molar-refractivity contribution is 6.30. The number of carbonyl (C=O) groups excluding carboxylic acids is 2. The molecule has 0 heterocycles. The zero-order valence-corrected chi connectivity index (χ0v) is 16.8. The standard InChI is InChI=1S/C21H25ClN2O3/c1-14-5-10-19(11-15(14)2)27-13-20(25)24(16(3)21(26)23-4)12-17-6-8-18(22)9-7-17/h5-11,16H,12-13H2,1-4H3,(H,23,26). The number of benzene rings is 2. The molecule has 27 heavy (non-hydrogen) atoms. The van der Waals surface area contributed by atoms with Crippen LogP contribution in [0.3, 0.4) is 0 Å². The molecule has 0 bridgehead atoms. The molecule has 0 spiro atoms. The molecule has 1 atom stereocenters. The molecule has 2 amide bonds. The Morgan fingerprint density at radius 2 is 1.78 bits per heavy atom. The summed E-state index contributed by atoms with van der Waals surface area (Å²) in [6.45, 7) is 5.86. The zero-order chi connectivity index (χ0) is 20.0. The van der Waals surface area contributed by atoms with Gasteiger partial charge in [0.1, 0.15) is 11.8 Å². The molecular weight excluding hydrogens is 364 g/mol. The van der Waals surface area contributed by atoms with Crippen molar-refractivity contribution in [3.8, 4) is 5.75 Å². The fourth-order valence-corrected chi connectivity index (χ4v) is 2.74. The predicted molar refractivity (Wildman–Crippen MR) is 107 cm³/mol. The monoisotopic (exact) mass is 388 g/mol. The fourth-order valence-electron chi connectivity index (χ4n) is 2.61. The third kappa shape index (κ3) is 5.73. The molecule has 0 aromatic heterocycles. The Kier molecular flexibility index (Phi) is 7.25. The summed E-state index contributed by atoms with van der Waals surface area (Å²) in [5.41, 5.74) is 3.14. The Labute approximate surface area is 165 Å². The van der Waals surface area contributed by atoms with E-state index in [-0.39, 0.29) is 18.4 Å². The summed E-state index contributed by atoms with van der Waals surface area (Å²) in [4.78, 5) is 26.4. The van der Waals surface area contributed by atoms with E-state index in [9.17, 15) is 9.59 Å². The molecule has 0 aliphatic carbocycles. The highest BCUT2D eigenvalue weighted by Gasteiger charge is 2.25. The van der Waals surface area contributed by atoms with Crippen LogP contribution >= 0.6 is 11.6 Å². The second kappa shape index (κ2) is 9.42. The number of aryl methyl sites for hydroxylation is 2. The molecule has 2 rings (SSSR count). The van der Waals surface area contributed by atoms with E-state index in [0.717, 1.165) is 16.7 Å². The Bertz CT molecular complexity index is 806. The lowest BCUT2D eigenvalue weighted by atomic mass is 10.1. The molecule has 1 N–H and O–H groups in total. The Morgan fingerprint density at radius 3 is 2.37 bits per heavy atom. The second-order valence-corrected chi connectivity index (χ2v) is 6.91. The lowest BCUT2D eigenvalue weighted by Gasteiger charge is -2.28. The van der Waals surface area contributed by atoms with Gasteiger partial charge in [0.2, 0.25) is 5.91 Å². The number of ether oxygens (including phenoxy) is 1. The second-order valence-electron chi connectivity index (χ2n) is 6.47. The molecule has 0 radical (unpaired) electrons. The predicted octanol–water partition coefficient (Wildman–Crippen LogP) is 3.50. The van der Waals surface area contributed by atoms with Gasteiger partial charge in [-0.25, -0.2) is 0 Å². The molecule has 2 aromatic rings. The molecule has 0 aliphatic heterocycles. The minimum absolute atomic E-state index is 0.141. The highest BCUT2D eigenvalue weighted by atomic mass is 35.5. The number of rotatable bonds is 7. The minimum atomic E-state index is -0.624. The molecular formula is C21H25ClN2O3. The van der Waals surface area contributed by atoms with Crippen molar-refractivity contribution in [2.45, 2.75) is 33.4 Å². The smallest absolute Gasteiger partial charge is 0.261 e. The van der Waals surface area contributed by atoms with E-state index in [4.69, 9.17) is 16.3 Å². The van der Waals surface area contributed by atoms with Gasteiger partial charge in [0, 0.05) is 18.6 Å². The SMILES string of the molecule is CNC(=O)C(C)N(Cc1ccc(Cl)cc1)C(=O)COc1ccc(C)c(C)c1. The van der Waals surface area contributed by atoms with E-state index >= 15 is 0 Å². The van der Waals surface area contributed by atoms with Crippen LogP contribution < -0.4 is 10.1 Å². The first-order chi connectivity index (χ1) is 12.8. The van der Waals surface area contributed by atoms with Crippen LogP contribution in [0.5, 0.6) is 5.75 Å². The summed E-state index contributed by atoms with van der Waals surface area (Å²) in [7, 11) is 1.55. The number of nitrogens with zero attached hydrogens (tertiary/aromatic N) is 1. The lowest BCUT2D eigenvalue weighted by Crippen LogP contribution is -2.48. The van der Waals surface area contributed by atoms with E-state index in [1.807, 2.05) is 44.2 Å². The van der Waals surface area contributed by atoms with Crippen molar-refractivity contribution < 1.29 is 14.3 Å². The van der Waals surface area contributed by atoms with E-state index < -0.39 is 6.04 Å². The number of halogens is 1. The Morgan fingerprint density at radius 1 is 1.11 bits per heavy atom. The van der Waals surface area contributed by atoms with Gasteiger partial charge in [0.05, 0.1) is 0 Å². The van der Waals surface area contributed by atoms with E-state index in [0.29, 0.717) is 17.3 Å². The molecule has 0 aliphatic rings. The zero-order valence-electron chi connectivity index (χ0n) is 16.1. The summed E-state index contributed by atoms with van der Waals surface area (Å²) in [6.07, 6.45) is 0. The third-order valence-corrected chi connectivity index (χ3v) is 4.77. The van der Waals surface area contributed by atoms with Crippen molar-refractivity contribution in [1.29, 1.82) is 0 Å². The third-order valence-electron chi connectivity index (χ3n) is 4.52. The average molecular weight is 389 g/mol. The molecule has 0 saturated heterocycles. The van der Waals surface area contributed by atoms with Crippen LogP contribution in [-0.4, -0.2) is 36.4 Å². The van der Waals surface area contributed by atoms with Crippen LogP contribution in [0.4, 0.5) is 0 Å². The number of hydrogen-bond donors (Lipinski definition) is 1. The maximum atomic E-state index is 12.8. The van der Waals surface area contributed by atoms with Crippen LogP contribution in [0, 0.1) is 13.8 Å². The largest absolute Gasteiger partial charge is 0.484 e. The first-order valence-corrected chi connectivity index (χ1v) is 9.15. The minimum Gasteiger partial charge on any atom is -0.484 e. The summed E-state index contributed by atoms with van der Waals surface area (Å²) in [6, 6.07) is 12.3. The summed E-state index contributed by atoms with van der Waals surface area (Å²) >= 11 is 5.92. The van der Waals surface area contributed by atoms with Gasteiger partial charge in [-0.1, -0.05) is 29.8 Å². The van der Waals surface area contributed by atoms with Crippen LogP contribution in [0.1, 0.15) is 23.6 Å². The van der Waals surface area contributed by atoms with Gasteiger partial charge >= 0.3 is 0 Å². The lowest BCUT2D eigenvalue weighted by molar-refractivity contribution is -0.142. The van der Waals surface area contributed by atoms with Crippen molar-refractivity contribution in [1.82, 2.24) is 10.2 Å². The maximum absolute atomic E-state index is 12.8. The van der Waals surface area contributed by atoms with Crippen molar-refractivity contribution >= 4 is 23.4 Å². The molecule has 5 nitrogen and oxygen atoms in total. The van der Waals surface area contributed by atoms with Crippen molar-refractivity contribution in [3.05, 3.63) is 64.2 Å². The normalized spacial score (nSPS) is 11.6. The van der Waals surface area contributed by atoms with Gasteiger partial charge in [-0.2, -0.15) is 0 Å². The quantitative estimate of drug-likeness (QED) is 0.789. The van der Waals surface area contributed by atoms with Gasteiger partial charge in [-0.05, 0) is 61.7 Å². The number of nitrogens with one attached hydrogen (secondary N) is 1. The first-order valence-electron chi connectivity index (χ1n) is 8.77. The molecule has 0 saturated carbocycles. The maximum Gasteiger partial charge on any atom is 0.261 e. The van der Waals surface area contributed by atoms with E-state index in [1.165, 1.54) is 4.90 Å². The average Bonchev–Trinajstić information content (AvgIpc) is 2.67. The van der Waals surface area contributed by atoms with Crippen LogP contribution in [0.2, 0.25) is 5.02 Å². The summed E-state index contributed by atoms with van der Waals surface area (Å²) in [5.74, 6) is 0.133. The van der Waals surface area contributed by atoms with Crippen LogP contribution in [-0.2, 0) is 16.1 Å². The Balaban J connectivity index is 2.12. The molecule has 144 valence electrons. The van der Waals surface area contributed by atoms with Crippen LogP contribution in [0.25, 0.3) is 0 Å². The fraction of sp³-hybridized carbons (Fsp3) is 0.333. The van der Waals surface area contributed by atoms with Gasteiger partial charge in [-0.3, -0.25) is 9.59 Å². The van der Waals surface area contributed by atoms with Gasteiger partial charge in [0.15, 0.2) is 6.61 Å². The number of carbonyl (C=O) groups is 2. The molecule has 1 unspecified atom stereocenters. The van der Waals surface area contributed by atoms with E-state index in [1.54, 1.807) is 26.1 Å². The van der Waals surface area contributed by atoms with Crippen LogP contribution in [0.15, 0.2) is 42.5 Å². The van der Waals surface area contributed by atoms with E-state index in [2.05, 4.69) is 5.32 Å². The molecule has 6 heteroatoms. The highest BCUT2D eigenvalue weighted by Crippen LogP contribution is 2.17. The number of amides is 2. The number of hydrogen-bond acceptors (Lipinski definition) is 3. The summed E-state index contributed by atoms with van der Waals surface area (Å²) < 4.78 is 5.66. The van der Waals surface area contributed by atoms with Gasteiger partial charge in [-0.15, -0.1) is 0 Å². The molecule has 0 fully saturated rings.